The first kappa shape index (κ1) is 13.7. The third-order valence-corrected chi connectivity index (χ3v) is 5.92. The largest absolute Gasteiger partial charge is 0.506 e. The van der Waals surface area contributed by atoms with Gasteiger partial charge in [-0.1, -0.05) is 23.9 Å². The number of carboxylic acids is 1. The van der Waals surface area contributed by atoms with Crippen molar-refractivity contribution in [2.24, 2.45) is 0 Å². The molecular weight excluding hydrogens is 296 g/mol. The molecule has 0 saturated carbocycles. The average molecular weight is 312 g/mol. The van der Waals surface area contributed by atoms with E-state index in [4.69, 9.17) is 0 Å². The molecule has 0 radical (unpaired) electrons. The van der Waals surface area contributed by atoms with E-state index in [2.05, 4.69) is 12.1 Å². The predicted octanol–water partition coefficient (Wildman–Crippen LogP) is 3.83. The van der Waals surface area contributed by atoms with Crippen LogP contribution in [0.15, 0.2) is 34.1 Å². The Balaban J connectivity index is 1.85. The van der Waals surface area contributed by atoms with Crippen LogP contribution in [-0.4, -0.2) is 16.2 Å². The molecule has 2 aliphatic rings. The highest BCUT2D eigenvalue weighted by molar-refractivity contribution is 7.99. The lowest BCUT2D eigenvalue weighted by Gasteiger charge is -2.12. The van der Waals surface area contributed by atoms with Crippen molar-refractivity contribution in [3.63, 3.8) is 0 Å². The van der Waals surface area contributed by atoms with Crippen molar-refractivity contribution < 1.29 is 15.0 Å². The lowest BCUT2D eigenvalue weighted by molar-refractivity contribution is 0.0693. The van der Waals surface area contributed by atoms with Crippen LogP contribution >= 0.6 is 11.8 Å². The predicted molar refractivity (Wildman–Crippen MR) is 85.1 cm³/mol. The summed E-state index contributed by atoms with van der Waals surface area (Å²) >= 11 is 1.51. The Hall–Kier alpha value is -1.94. The van der Waals surface area contributed by atoms with Crippen LogP contribution in [0, 0.1) is 0 Å². The first-order valence-electron chi connectivity index (χ1n) is 7.55. The fourth-order valence-corrected chi connectivity index (χ4v) is 4.77. The molecular formula is C18H16O3S. The summed E-state index contributed by atoms with van der Waals surface area (Å²) in [5.41, 5.74) is 5.36. The number of aromatic hydroxyl groups is 1. The second kappa shape index (κ2) is 5.06. The summed E-state index contributed by atoms with van der Waals surface area (Å²) < 4.78 is 0. The van der Waals surface area contributed by atoms with Gasteiger partial charge in [0.1, 0.15) is 11.3 Å². The second-order valence-corrected chi connectivity index (χ2v) is 6.94. The van der Waals surface area contributed by atoms with E-state index in [-0.39, 0.29) is 11.3 Å². The highest BCUT2D eigenvalue weighted by Crippen LogP contribution is 2.45. The normalized spacial score (nSPS) is 15.6. The number of carbonyl (C=O) groups is 1. The van der Waals surface area contributed by atoms with Crippen LogP contribution in [0.2, 0.25) is 0 Å². The average Bonchev–Trinajstić information content (AvgIpc) is 2.88. The topological polar surface area (TPSA) is 57.5 Å². The van der Waals surface area contributed by atoms with E-state index < -0.39 is 5.97 Å². The van der Waals surface area contributed by atoms with Crippen LogP contribution in [0.3, 0.4) is 0 Å². The molecule has 1 aliphatic heterocycles. The zero-order chi connectivity index (χ0) is 15.3. The fourth-order valence-electron chi connectivity index (χ4n) is 3.56. The first-order valence-corrected chi connectivity index (χ1v) is 8.36. The molecule has 0 spiro atoms. The number of phenols is 1. The maximum atomic E-state index is 11.2. The van der Waals surface area contributed by atoms with Crippen molar-refractivity contribution in [2.45, 2.75) is 41.9 Å². The molecule has 1 heterocycles. The van der Waals surface area contributed by atoms with E-state index in [1.807, 2.05) is 6.07 Å². The zero-order valence-electron chi connectivity index (χ0n) is 12.1. The number of aromatic carboxylic acids is 1. The molecule has 2 aromatic rings. The molecule has 0 saturated heterocycles. The van der Waals surface area contributed by atoms with Crippen LogP contribution in [0.25, 0.3) is 0 Å². The van der Waals surface area contributed by atoms with Crippen molar-refractivity contribution in [2.75, 3.05) is 0 Å². The third-order valence-electron chi connectivity index (χ3n) is 4.66. The summed E-state index contributed by atoms with van der Waals surface area (Å²) in [5, 5.41) is 19.5. The number of benzene rings is 2. The molecule has 4 heteroatoms. The summed E-state index contributed by atoms with van der Waals surface area (Å²) in [7, 11) is 0. The Morgan fingerprint density at radius 3 is 2.59 bits per heavy atom. The van der Waals surface area contributed by atoms with E-state index >= 15 is 0 Å². The van der Waals surface area contributed by atoms with Gasteiger partial charge < -0.3 is 10.2 Å². The maximum Gasteiger partial charge on any atom is 0.339 e. The molecule has 0 atom stereocenters. The Kier molecular flexibility index (Phi) is 3.15. The molecule has 0 fully saturated rings. The van der Waals surface area contributed by atoms with Crippen molar-refractivity contribution in [1.29, 1.82) is 0 Å². The Bertz CT molecular complexity index is 795. The lowest BCUT2D eigenvalue weighted by atomic mass is 9.97. The molecule has 22 heavy (non-hydrogen) atoms. The number of aryl methyl sites for hydroxylation is 2. The van der Waals surface area contributed by atoms with Gasteiger partial charge in [-0.15, -0.1) is 0 Å². The van der Waals surface area contributed by atoms with Crippen LogP contribution < -0.4 is 0 Å². The van der Waals surface area contributed by atoms with Gasteiger partial charge in [0.25, 0.3) is 0 Å². The molecule has 112 valence electrons. The van der Waals surface area contributed by atoms with Gasteiger partial charge >= 0.3 is 5.97 Å². The van der Waals surface area contributed by atoms with Gasteiger partial charge in [0.15, 0.2) is 0 Å². The molecule has 2 N–H and O–H groups in total. The van der Waals surface area contributed by atoms with Crippen LogP contribution in [0.1, 0.15) is 39.0 Å². The number of rotatable bonds is 1. The van der Waals surface area contributed by atoms with E-state index in [9.17, 15) is 15.0 Å². The van der Waals surface area contributed by atoms with Gasteiger partial charge in [0, 0.05) is 4.90 Å². The Morgan fingerprint density at radius 1 is 0.955 bits per heavy atom. The number of carboxylic acid groups (broad SMARTS) is 1. The minimum atomic E-state index is -1.08. The van der Waals surface area contributed by atoms with Crippen molar-refractivity contribution in [3.8, 4) is 5.75 Å². The van der Waals surface area contributed by atoms with Gasteiger partial charge in [0.05, 0.1) is 4.90 Å². The van der Waals surface area contributed by atoms with Crippen LogP contribution in [-0.2, 0) is 25.7 Å². The molecule has 1 aliphatic carbocycles. The lowest BCUT2D eigenvalue weighted by Crippen LogP contribution is -2.00. The zero-order valence-corrected chi connectivity index (χ0v) is 12.9. The van der Waals surface area contributed by atoms with E-state index in [0.717, 1.165) is 36.1 Å². The smallest absolute Gasteiger partial charge is 0.339 e. The minimum absolute atomic E-state index is 0.0177. The van der Waals surface area contributed by atoms with Crippen LogP contribution in [0.5, 0.6) is 5.75 Å². The minimum Gasteiger partial charge on any atom is -0.506 e. The van der Waals surface area contributed by atoms with Gasteiger partial charge in [-0.3, -0.25) is 0 Å². The fraction of sp³-hybridized carbons (Fsp3) is 0.278. The summed E-state index contributed by atoms with van der Waals surface area (Å²) in [6, 6.07) is 7.68. The Labute approximate surface area is 133 Å². The maximum absolute atomic E-state index is 11.2. The summed E-state index contributed by atoms with van der Waals surface area (Å²) in [6.07, 6.45) is 5.33. The highest BCUT2D eigenvalue weighted by atomic mass is 32.2. The third kappa shape index (κ3) is 2.02. The molecule has 4 rings (SSSR count). The van der Waals surface area contributed by atoms with E-state index in [1.54, 1.807) is 0 Å². The van der Waals surface area contributed by atoms with Gasteiger partial charge in [-0.05, 0) is 66.5 Å². The second-order valence-electron chi connectivity index (χ2n) is 5.89. The standard InChI is InChI=1S/C18H16O3S/c19-16-14(18(20)21)8-5-11-4-7-13-12-3-1-2-10(12)6-9-15(13)22-17(11)16/h5-6,8-9,19H,1-4,7H2,(H,20,21). The van der Waals surface area contributed by atoms with Crippen molar-refractivity contribution >= 4 is 17.7 Å². The molecule has 0 bridgehead atoms. The summed E-state index contributed by atoms with van der Waals surface area (Å²) in [4.78, 5) is 13.1. The monoisotopic (exact) mass is 312 g/mol. The molecule has 3 nitrogen and oxygen atoms in total. The molecule has 2 aromatic carbocycles. The summed E-state index contributed by atoms with van der Waals surface area (Å²) in [6.45, 7) is 0. The first-order chi connectivity index (χ1) is 10.6. The van der Waals surface area contributed by atoms with E-state index in [1.165, 1.54) is 40.9 Å². The number of hydrogen-bond donors (Lipinski definition) is 2. The summed E-state index contributed by atoms with van der Waals surface area (Å²) in [5.74, 6) is -1.18. The molecule has 0 aromatic heterocycles. The number of fused-ring (bicyclic) bond motifs is 4. The quantitative estimate of drug-likeness (QED) is 0.840. The highest BCUT2D eigenvalue weighted by Gasteiger charge is 2.25. The van der Waals surface area contributed by atoms with Gasteiger partial charge in [-0.25, -0.2) is 4.79 Å². The van der Waals surface area contributed by atoms with Crippen LogP contribution in [0.4, 0.5) is 0 Å². The van der Waals surface area contributed by atoms with Gasteiger partial charge in [-0.2, -0.15) is 0 Å². The molecule has 0 amide bonds. The van der Waals surface area contributed by atoms with E-state index in [0.29, 0.717) is 4.90 Å². The SMILES string of the molecule is O=C(O)c1ccc2c(c1O)Sc1ccc3c(c1CC2)CCC3. The van der Waals surface area contributed by atoms with Crippen molar-refractivity contribution in [3.05, 3.63) is 52.1 Å². The van der Waals surface area contributed by atoms with Gasteiger partial charge in [0.2, 0.25) is 0 Å². The molecule has 0 unspecified atom stereocenters. The van der Waals surface area contributed by atoms with Crippen molar-refractivity contribution in [1.82, 2.24) is 0 Å². The number of hydrogen-bond acceptors (Lipinski definition) is 3. The Morgan fingerprint density at radius 2 is 1.77 bits per heavy atom.